The molecular formula is C24H28N2O10. The summed E-state index contributed by atoms with van der Waals surface area (Å²) in [5.41, 5.74) is -0.846. The number of ether oxygens (including phenoxy) is 4. The fraction of sp³-hybridized carbons (Fsp3) is 0.417. The second kappa shape index (κ2) is 13.0. The lowest BCUT2D eigenvalue weighted by Crippen LogP contribution is -2.06. The summed E-state index contributed by atoms with van der Waals surface area (Å²) in [6.45, 7) is 0. The molecule has 0 fully saturated rings. The van der Waals surface area contributed by atoms with Gasteiger partial charge < -0.3 is 18.9 Å². The molecule has 0 aromatic heterocycles. The first kappa shape index (κ1) is 28.0. The van der Waals surface area contributed by atoms with Crippen LogP contribution >= 0.6 is 0 Å². The van der Waals surface area contributed by atoms with Gasteiger partial charge in [0.05, 0.1) is 61.5 Å². The van der Waals surface area contributed by atoms with Crippen molar-refractivity contribution >= 4 is 22.9 Å². The number of unbranched alkanes of at least 4 members (excludes halogenated alkanes) is 3. The van der Waals surface area contributed by atoms with E-state index in [-0.39, 0.29) is 58.3 Å². The van der Waals surface area contributed by atoms with Gasteiger partial charge in [0.2, 0.25) is 0 Å². The van der Waals surface area contributed by atoms with E-state index in [1.807, 2.05) is 0 Å². The van der Waals surface area contributed by atoms with Crippen molar-refractivity contribution in [1.29, 1.82) is 0 Å². The van der Waals surface area contributed by atoms with Gasteiger partial charge >= 0.3 is 0 Å². The Labute approximate surface area is 207 Å². The number of hydrogen-bond donors (Lipinski definition) is 0. The van der Waals surface area contributed by atoms with Crippen LogP contribution in [0.2, 0.25) is 0 Å². The molecule has 2 aromatic rings. The number of benzene rings is 2. The number of methoxy groups -OCH3 is 4. The Morgan fingerprint density at radius 2 is 0.917 bits per heavy atom. The molecule has 194 valence electrons. The van der Waals surface area contributed by atoms with Crippen LogP contribution in [0.4, 0.5) is 11.4 Å². The van der Waals surface area contributed by atoms with Crippen molar-refractivity contribution in [2.24, 2.45) is 0 Å². The third-order valence-electron chi connectivity index (χ3n) is 5.56. The second-order valence-corrected chi connectivity index (χ2v) is 7.72. The monoisotopic (exact) mass is 504 g/mol. The number of ketones is 2. The van der Waals surface area contributed by atoms with Crippen molar-refractivity contribution in [2.75, 3.05) is 28.4 Å². The summed E-state index contributed by atoms with van der Waals surface area (Å²) in [7, 11) is 5.43. The number of hydrogen-bond acceptors (Lipinski definition) is 10. The minimum atomic E-state index is -0.645. The summed E-state index contributed by atoms with van der Waals surface area (Å²) >= 11 is 0. The summed E-state index contributed by atoms with van der Waals surface area (Å²) in [6.07, 6.45) is 2.24. The smallest absolute Gasteiger partial charge is 0.284 e. The Kier molecular flexibility index (Phi) is 10.1. The molecule has 0 aliphatic heterocycles. The average Bonchev–Trinajstić information content (AvgIpc) is 2.88. The van der Waals surface area contributed by atoms with Gasteiger partial charge in [-0.1, -0.05) is 12.8 Å². The molecule has 0 N–H and O–H groups in total. The zero-order chi connectivity index (χ0) is 26.8. The Hall–Kier alpha value is -4.22. The van der Waals surface area contributed by atoms with E-state index in [4.69, 9.17) is 18.9 Å². The van der Waals surface area contributed by atoms with Crippen molar-refractivity contribution in [2.45, 2.75) is 38.5 Å². The molecule has 0 aliphatic rings. The largest absolute Gasteiger partial charge is 0.493 e. The van der Waals surface area contributed by atoms with E-state index < -0.39 is 21.4 Å². The van der Waals surface area contributed by atoms with Crippen molar-refractivity contribution in [3.8, 4) is 23.0 Å². The standard InChI is InChI=1S/C24H28N2O10/c1-33-21-11-15(17(25(29)30)13-23(21)35-3)19(27)9-7-5-6-8-10-20(28)16-12-22(34-2)24(36-4)14-18(16)26(31)32/h11-14H,5-10H2,1-4H3. The highest BCUT2D eigenvalue weighted by molar-refractivity contribution is 6.01. The highest BCUT2D eigenvalue weighted by Crippen LogP contribution is 2.36. The van der Waals surface area contributed by atoms with E-state index in [1.165, 1.54) is 40.6 Å². The number of rotatable bonds is 15. The molecule has 0 saturated heterocycles. The Bertz CT molecular complexity index is 1060. The average molecular weight is 504 g/mol. The number of nitrogens with zero attached hydrogens (tertiary/aromatic N) is 2. The van der Waals surface area contributed by atoms with Gasteiger partial charge in [0, 0.05) is 25.0 Å². The van der Waals surface area contributed by atoms with Gasteiger partial charge in [-0.25, -0.2) is 0 Å². The molecule has 12 heteroatoms. The maximum absolute atomic E-state index is 12.6. The minimum absolute atomic E-state index is 0.0615. The van der Waals surface area contributed by atoms with E-state index in [2.05, 4.69) is 0 Å². The van der Waals surface area contributed by atoms with Gasteiger partial charge in [0.15, 0.2) is 34.6 Å². The lowest BCUT2D eigenvalue weighted by atomic mass is 9.99. The highest BCUT2D eigenvalue weighted by Gasteiger charge is 2.25. The first-order valence-electron chi connectivity index (χ1n) is 11.1. The molecule has 36 heavy (non-hydrogen) atoms. The van der Waals surface area contributed by atoms with E-state index in [9.17, 15) is 29.8 Å². The zero-order valence-corrected chi connectivity index (χ0v) is 20.5. The summed E-state index contributed by atoms with van der Waals surface area (Å²) in [6, 6.07) is 4.91. The number of Topliss-reactive ketones (excluding diaryl/α,β-unsaturated/α-hetero) is 2. The Morgan fingerprint density at radius 3 is 1.19 bits per heavy atom. The summed E-state index contributed by atoms with van der Waals surface area (Å²) in [4.78, 5) is 46.8. The van der Waals surface area contributed by atoms with Crippen molar-refractivity contribution in [3.63, 3.8) is 0 Å². The molecule has 0 saturated carbocycles. The summed E-state index contributed by atoms with van der Waals surface area (Å²) in [5.74, 6) is -0.0666. The van der Waals surface area contributed by atoms with Gasteiger partial charge in [0.1, 0.15) is 0 Å². The van der Waals surface area contributed by atoms with Gasteiger partial charge in [-0.3, -0.25) is 29.8 Å². The molecule has 0 atom stereocenters. The first-order valence-corrected chi connectivity index (χ1v) is 11.1. The molecule has 2 rings (SSSR count). The zero-order valence-electron chi connectivity index (χ0n) is 20.5. The SMILES string of the molecule is COc1cc(C(=O)CCCCCCC(=O)c2cc(OC)c(OC)cc2[N+](=O)[O-])c([N+](=O)[O-])cc1OC. The van der Waals surface area contributed by atoms with Gasteiger partial charge in [-0.2, -0.15) is 0 Å². The predicted octanol–water partition coefficient (Wildman–Crippen LogP) is 4.94. The molecule has 0 amide bonds. The molecule has 2 aromatic carbocycles. The maximum atomic E-state index is 12.6. The predicted molar refractivity (Wildman–Crippen MR) is 129 cm³/mol. The Balaban J connectivity index is 1.95. The molecule has 0 unspecified atom stereocenters. The van der Waals surface area contributed by atoms with E-state index in [1.54, 1.807) is 0 Å². The lowest BCUT2D eigenvalue weighted by molar-refractivity contribution is -0.385. The number of nitro benzene ring substituents is 2. The van der Waals surface area contributed by atoms with Crippen molar-refractivity contribution < 1.29 is 38.4 Å². The fourth-order valence-corrected chi connectivity index (χ4v) is 3.68. The molecule has 0 bridgehead atoms. The molecule has 0 aliphatic carbocycles. The van der Waals surface area contributed by atoms with Gasteiger partial charge in [-0.05, 0) is 12.8 Å². The van der Waals surface area contributed by atoms with Crippen LogP contribution in [0.3, 0.4) is 0 Å². The molecule has 12 nitrogen and oxygen atoms in total. The number of carbonyl (C=O) groups excluding carboxylic acids is 2. The minimum Gasteiger partial charge on any atom is -0.493 e. The third-order valence-corrected chi connectivity index (χ3v) is 5.56. The Morgan fingerprint density at radius 1 is 0.611 bits per heavy atom. The van der Waals surface area contributed by atoms with Crippen LogP contribution in [-0.4, -0.2) is 49.9 Å². The first-order chi connectivity index (χ1) is 17.2. The van der Waals surface area contributed by atoms with E-state index >= 15 is 0 Å². The lowest BCUT2D eigenvalue weighted by Gasteiger charge is -2.10. The molecular weight excluding hydrogens is 476 g/mol. The summed E-state index contributed by atoms with van der Waals surface area (Å²) < 4.78 is 20.4. The van der Waals surface area contributed by atoms with Gasteiger partial charge in [-0.15, -0.1) is 0 Å². The van der Waals surface area contributed by atoms with Crippen LogP contribution in [0, 0.1) is 20.2 Å². The van der Waals surface area contributed by atoms with Crippen LogP contribution in [0.5, 0.6) is 23.0 Å². The summed E-state index contributed by atoms with van der Waals surface area (Å²) in [5, 5.41) is 22.8. The van der Waals surface area contributed by atoms with E-state index in [0.717, 1.165) is 12.1 Å². The van der Waals surface area contributed by atoms with Crippen LogP contribution in [0.1, 0.15) is 59.2 Å². The van der Waals surface area contributed by atoms with Crippen molar-refractivity contribution in [3.05, 3.63) is 55.6 Å². The van der Waals surface area contributed by atoms with Crippen LogP contribution in [-0.2, 0) is 0 Å². The highest BCUT2D eigenvalue weighted by atomic mass is 16.6. The van der Waals surface area contributed by atoms with Crippen LogP contribution < -0.4 is 18.9 Å². The van der Waals surface area contributed by atoms with Crippen LogP contribution in [0.25, 0.3) is 0 Å². The topological polar surface area (TPSA) is 157 Å². The quantitative estimate of drug-likeness (QED) is 0.141. The van der Waals surface area contributed by atoms with Crippen molar-refractivity contribution in [1.82, 2.24) is 0 Å². The maximum Gasteiger partial charge on any atom is 0.284 e. The number of carbonyl (C=O) groups is 2. The van der Waals surface area contributed by atoms with Crippen LogP contribution in [0.15, 0.2) is 24.3 Å². The fourth-order valence-electron chi connectivity index (χ4n) is 3.68. The third kappa shape index (κ3) is 6.68. The normalized spacial score (nSPS) is 10.4. The van der Waals surface area contributed by atoms with E-state index in [0.29, 0.717) is 25.7 Å². The number of nitro groups is 2. The second-order valence-electron chi connectivity index (χ2n) is 7.72. The molecule has 0 heterocycles. The molecule has 0 spiro atoms. The van der Waals surface area contributed by atoms with Gasteiger partial charge in [0.25, 0.3) is 11.4 Å². The molecule has 0 radical (unpaired) electrons.